The quantitative estimate of drug-likeness (QED) is 0.831. The van der Waals surface area contributed by atoms with Crippen LogP contribution >= 0.6 is 11.3 Å². The molecule has 0 radical (unpaired) electrons. The van der Waals surface area contributed by atoms with E-state index in [0.29, 0.717) is 0 Å². The highest BCUT2D eigenvalue weighted by molar-refractivity contribution is 7.15. The van der Waals surface area contributed by atoms with E-state index in [2.05, 4.69) is 46.9 Å². The fourth-order valence-electron chi connectivity index (χ4n) is 3.84. The van der Waals surface area contributed by atoms with Crippen molar-refractivity contribution in [1.82, 2.24) is 14.8 Å². The maximum atomic E-state index is 4.49. The first-order valence-electron chi connectivity index (χ1n) is 8.72. The standard InChI is InChI=1S/C17H30N4S/c1-14(21-8-4-5-9-21)15-6-10-20(11-7-15)13-16-12-18-17(22-16)19(2)3/h12,14-15H,4-11,13H2,1-3H3/t14-/m0/s1. The van der Waals surface area contributed by atoms with Crippen molar-refractivity contribution in [2.24, 2.45) is 5.92 Å². The second kappa shape index (κ2) is 7.28. The molecule has 124 valence electrons. The van der Waals surface area contributed by atoms with E-state index in [1.165, 1.54) is 56.7 Å². The molecule has 2 aliphatic rings. The Labute approximate surface area is 139 Å². The average Bonchev–Trinajstić information content (AvgIpc) is 3.19. The van der Waals surface area contributed by atoms with E-state index in [1.54, 1.807) is 0 Å². The van der Waals surface area contributed by atoms with Crippen molar-refractivity contribution in [2.45, 2.75) is 45.2 Å². The molecule has 5 heteroatoms. The zero-order valence-electron chi connectivity index (χ0n) is 14.3. The second-order valence-corrected chi connectivity index (χ2v) is 8.19. The largest absolute Gasteiger partial charge is 0.354 e. The van der Waals surface area contributed by atoms with Crippen molar-refractivity contribution < 1.29 is 0 Å². The first kappa shape index (κ1) is 16.2. The maximum absolute atomic E-state index is 4.49. The van der Waals surface area contributed by atoms with Gasteiger partial charge in [-0.2, -0.15) is 0 Å². The van der Waals surface area contributed by atoms with Gasteiger partial charge in [0, 0.05) is 37.8 Å². The zero-order chi connectivity index (χ0) is 15.5. The predicted molar refractivity (Wildman–Crippen MR) is 94.7 cm³/mol. The summed E-state index contributed by atoms with van der Waals surface area (Å²) in [5.41, 5.74) is 0. The number of thiazole rings is 1. The van der Waals surface area contributed by atoms with E-state index in [4.69, 9.17) is 0 Å². The van der Waals surface area contributed by atoms with E-state index in [0.717, 1.165) is 23.6 Å². The molecule has 0 N–H and O–H groups in total. The summed E-state index contributed by atoms with van der Waals surface area (Å²) in [6.45, 7) is 8.69. The number of nitrogens with zero attached hydrogens (tertiary/aromatic N) is 4. The van der Waals surface area contributed by atoms with Crippen LogP contribution in [-0.4, -0.2) is 61.1 Å². The van der Waals surface area contributed by atoms with Crippen LogP contribution in [0.15, 0.2) is 6.20 Å². The topological polar surface area (TPSA) is 22.6 Å². The van der Waals surface area contributed by atoms with Gasteiger partial charge in [-0.3, -0.25) is 4.90 Å². The Morgan fingerprint density at radius 2 is 1.91 bits per heavy atom. The number of rotatable bonds is 5. The third-order valence-electron chi connectivity index (χ3n) is 5.33. The minimum Gasteiger partial charge on any atom is -0.354 e. The van der Waals surface area contributed by atoms with Gasteiger partial charge in [0.1, 0.15) is 0 Å². The normalized spacial score (nSPS) is 23.0. The van der Waals surface area contributed by atoms with Gasteiger partial charge < -0.3 is 9.80 Å². The lowest BCUT2D eigenvalue weighted by Crippen LogP contribution is -2.42. The fourth-order valence-corrected chi connectivity index (χ4v) is 4.71. The van der Waals surface area contributed by atoms with Crippen LogP contribution in [0.1, 0.15) is 37.5 Å². The summed E-state index contributed by atoms with van der Waals surface area (Å²) in [5.74, 6) is 0.896. The zero-order valence-corrected chi connectivity index (χ0v) is 15.1. The summed E-state index contributed by atoms with van der Waals surface area (Å²) < 4.78 is 0. The number of hydrogen-bond donors (Lipinski definition) is 0. The molecule has 0 bridgehead atoms. The van der Waals surface area contributed by atoms with Gasteiger partial charge in [-0.25, -0.2) is 4.98 Å². The van der Waals surface area contributed by atoms with Crippen LogP contribution in [-0.2, 0) is 6.54 Å². The van der Waals surface area contributed by atoms with Crippen LogP contribution < -0.4 is 4.90 Å². The smallest absolute Gasteiger partial charge is 0.185 e. The molecule has 3 heterocycles. The lowest BCUT2D eigenvalue weighted by molar-refractivity contribution is 0.108. The van der Waals surface area contributed by atoms with Crippen LogP contribution in [0, 0.1) is 5.92 Å². The van der Waals surface area contributed by atoms with Crippen LogP contribution in [0.3, 0.4) is 0 Å². The van der Waals surface area contributed by atoms with Crippen molar-refractivity contribution >= 4 is 16.5 Å². The number of piperidine rings is 1. The first-order chi connectivity index (χ1) is 10.6. The van der Waals surface area contributed by atoms with Gasteiger partial charge in [-0.05, 0) is 64.7 Å². The van der Waals surface area contributed by atoms with E-state index in [9.17, 15) is 0 Å². The number of aromatic nitrogens is 1. The van der Waals surface area contributed by atoms with Crippen LogP contribution in [0.4, 0.5) is 5.13 Å². The van der Waals surface area contributed by atoms with Crippen molar-refractivity contribution in [3.05, 3.63) is 11.1 Å². The van der Waals surface area contributed by atoms with Crippen LogP contribution in [0.25, 0.3) is 0 Å². The lowest BCUT2D eigenvalue weighted by Gasteiger charge is -2.38. The number of hydrogen-bond acceptors (Lipinski definition) is 5. The van der Waals surface area contributed by atoms with Crippen LogP contribution in [0.5, 0.6) is 0 Å². The molecule has 0 unspecified atom stereocenters. The summed E-state index contributed by atoms with van der Waals surface area (Å²) in [7, 11) is 4.13. The van der Waals surface area contributed by atoms with Gasteiger partial charge in [0.2, 0.25) is 0 Å². The van der Waals surface area contributed by atoms with Crippen molar-refractivity contribution in [2.75, 3.05) is 45.2 Å². The molecule has 22 heavy (non-hydrogen) atoms. The summed E-state index contributed by atoms with van der Waals surface area (Å²) in [6, 6.07) is 0.786. The summed E-state index contributed by atoms with van der Waals surface area (Å²) in [5, 5.41) is 1.12. The van der Waals surface area contributed by atoms with Gasteiger partial charge in [-0.15, -0.1) is 11.3 Å². The SMILES string of the molecule is C[C@@H](C1CCN(Cc2cnc(N(C)C)s2)CC1)N1CCCC1. The summed E-state index contributed by atoms with van der Waals surface area (Å²) in [6.07, 6.45) is 7.58. The molecule has 1 atom stereocenters. The molecule has 4 nitrogen and oxygen atoms in total. The Bertz CT molecular complexity index is 459. The molecule has 2 saturated heterocycles. The molecule has 0 aromatic carbocycles. The van der Waals surface area contributed by atoms with E-state index >= 15 is 0 Å². The molecule has 2 aliphatic heterocycles. The predicted octanol–water partition coefficient (Wildman–Crippen LogP) is 2.91. The fraction of sp³-hybridized carbons (Fsp3) is 0.824. The minimum absolute atomic E-state index is 0.786. The lowest BCUT2D eigenvalue weighted by atomic mass is 9.89. The molecule has 0 saturated carbocycles. The Morgan fingerprint density at radius 1 is 1.23 bits per heavy atom. The Balaban J connectivity index is 1.46. The third kappa shape index (κ3) is 3.81. The molecule has 3 rings (SSSR count). The molecule has 0 aliphatic carbocycles. The first-order valence-corrected chi connectivity index (χ1v) is 9.53. The molecule has 0 amide bonds. The average molecular weight is 323 g/mol. The summed E-state index contributed by atoms with van der Waals surface area (Å²) in [4.78, 5) is 13.3. The molecule has 0 spiro atoms. The van der Waals surface area contributed by atoms with Gasteiger partial charge >= 0.3 is 0 Å². The number of anilines is 1. The molecule has 1 aromatic rings. The van der Waals surface area contributed by atoms with E-state index in [-0.39, 0.29) is 0 Å². The van der Waals surface area contributed by atoms with Crippen LogP contribution in [0.2, 0.25) is 0 Å². The molecule has 2 fully saturated rings. The van der Waals surface area contributed by atoms with E-state index in [1.807, 2.05) is 11.3 Å². The third-order valence-corrected chi connectivity index (χ3v) is 6.48. The summed E-state index contributed by atoms with van der Waals surface area (Å²) >= 11 is 1.83. The molecular weight excluding hydrogens is 292 g/mol. The van der Waals surface area contributed by atoms with Crippen molar-refractivity contribution in [3.63, 3.8) is 0 Å². The Hall–Kier alpha value is -0.650. The highest BCUT2D eigenvalue weighted by atomic mass is 32.1. The monoisotopic (exact) mass is 322 g/mol. The van der Waals surface area contributed by atoms with Crippen molar-refractivity contribution in [1.29, 1.82) is 0 Å². The van der Waals surface area contributed by atoms with Gasteiger partial charge in [-0.1, -0.05) is 0 Å². The van der Waals surface area contributed by atoms with E-state index < -0.39 is 0 Å². The van der Waals surface area contributed by atoms with Gasteiger partial charge in [0.25, 0.3) is 0 Å². The maximum Gasteiger partial charge on any atom is 0.185 e. The van der Waals surface area contributed by atoms with Crippen molar-refractivity contribution in [3.8, 4) is 0 Å². The highest BCUT2D eigenvalue weighted by Gasteiger charge is 2.29. The Morgan fingerprint density at radius 3 is 2.50 bits per heavy atom. The second-order valence-electron chi connectivity index (χ2n) is 7.10. The molecular formula is C17H30N4S. The number of likely N-dealkylation sites (tertiary alicyclic amines) is 2. The Kier molecular flexibility index (Phi) is 5.37. The highest BCUT2D eigenvalue weighted by Crippen LogP contribution is 2.28. The minimum atomic E-state index is 0.786. The van der Waals surface area contributed by atoms with Gasteiger partial charge in [0.15, 0.2) is 5.13 Å². The van der Waals surface area contributed by atoms with Gasteiger partial charge in [0.05, 0.1) is 0 Å². The molecule has 1 aromatic heterocycles.